The van der Waals surface area contributed by atoms with Crippen molar-refractivity contribution in [2.75, 3.05) is 0 Å². The van der Waals surface area contributed by atoms with Crippen LogP contribution in [0.4, 0.5) is 0 Å². The maximum atomic E-state index is 13.2. The van der Waals surface area contributed by atoms with Gasteiger partial charge in [0.15, 0.2) is 5.82 Å². The molecule has 2 aliphatic carbocycles. The first kappa shape index (κ1) is 24.1. The van der Waals surface area contributed by atoms with Crippen LogP contribution in [0.15, 0.2) is 18.2 Å². The van der Waals surface area contributed by atoms with Crippen molar-refractivity contribution >= 4 is 5.78 Å². The van der Waals surface area contributed by atoms with Crippen LogP contribution in [0.2, 0.25) is 0 Å². The third-order valence-corrected chi connectivity index (χ3v) is 7.23. The first-order valence-corrected chi connectivity index (χ1v) is 13.0. The molecule has 1 aromatic carbocycles. The number of carbonyl (C=O) groups excluding carboxylic acids is 1. The summed E-state index contributed by atoms with van der Waals surface area (Å²) >= 11 is 0. The van der Waals surface area contributed by atoms with E-state index in [2.05, 4.69) is 69.6 Å². The van der Waals surface area contributed by atoms with E-state index in [0.29, 0.717) is 24.8 Å². The largest absolute Gasteiger partial charge is 0.310 e. The number of ketones is 1. The number of carbonyl (C=O) groups is 1. The number of Topliss-reactive ketones (excluding diaryl/α,β-unsaturated/α-hetero) is 1. The quantitative estimate of drug-likeness (QED) is 0.455. The van der Waals surface area contributed by atoms with E-state index in [4.69, 9.17) is 10.2 Å². The van der Waals surface area contributed by atoms with Gasteiger partial charge in [0.05, 0.1) is 6.04 Å². The number of hydrogen-bond donors (Lipinski definition) is 1. The summed E-state index contributed by atoms with van der Waals surface area (Å²) < 4.78 is 2.42. The molecule has 2 saturated carbocycles. The van der Waals surface area contributed by atoms with Crippen molar-refractivity contribution in [2.45, 2.75) is 111 Å². The summed E-state index contributed by atoms with van der Waals surface area (Å²) in [5, 5.41) is 13.1. The fourth-order valence-electron chi connectivity index (χ4n) is 5.53. The molecule has 180 valence electrons. The summed E-state index contributed by atoms with van der Waals surface area (Å²) in [4.78, 5) is 13.2. The number of hydrogen-bond acceptors (Lipinski definition) is 4. The van der Waals surface area contributed by atoms with Crippen LogP contribution in [0.5, 0.6) is 0 Å². The lowest BCUT2D eigenvalue weighted by atomic mass is 9.71. The lowest BCUT2D eigenvalue weighted by Gasteiger charge is -2.36. The predicted octanol–water partition coefficient (Wildman–Crippen LogP) is 6.01. The van der Waals surface area contributed by atoms with Gasteiger partial charge in [0.2, 0.25) is 0 Å². The number of nitrogens with one attached hydrogen (secondary N) is 1. The van der Waals surface area contributed by atoms with Crippen LogP contribution < -0.4 is 5.32 Å². The van der Waals surface area contributed by atoms with Gasteiger partial charge in [-0.1, -0.05) is 51.5 Å². The highest BCUT2D eigenvalue weighted by atomic mass is 16.1. The maximum absolute atomic E-state index is 13.2. The molecule has 1 heterocycles. The third kappa shape index (κ3) is 5.92. The number of aromatic nitrogens is 3. The highest BCUT2D eigenvalue weighted by Gasteiger charge is 2.39. The fraction of sp³-hybridized carbons (Fsp3) is 0.679. The van der Waals surface area contributed by atoms with Gasteiger partial charge in [0, 0.05) is 30.8 Å². The second-order valence-corrected chi connectivity index (χ2v) is 11.4. The molecule has 0 radical (unpaired) electrons. The molecule has 5 heteroatoms. The maximum Gasteiger partial charge on any atom is 0.150 e. The molecule has 1 aromatic heterocycles. The lowest BCUT2D eigenvalue weighted by Crippen LogP contribution is -2.33. The normalized spacial score (nSPS) is 21.5. The number of aryl methyl sites for hydroxylation is 2. The van der Waals surface area contributed by atoms with E-state index in [1.165, 1.54) is 49.1 Å². The van der Waals surface area contributed by atoms with Gasteiger partial charge in [-0.15, -0.1) is 10.2 Å². The van der Waals surface area contributed by atoms with E-state index in [-0.39, 0.29) is 17.9 Å². The van der Waals surface area contributed by atoms with Crippen molar-refractivity contribution in [1.82, 2.24) is 20.1 Å². The molecule has 0 amide bonds. The van der Waals surface area contributed by atoms with Gasteiger partial charge in [-0.2, -0.15) is 0 Å². The molecule has 1 atom stereocenters. The summed E-state index contributed by atoms with van der Waals surface area (Å²) in [7, 11) is 0. The molecule has 2 aromatic rings. The zero-order chi connectivity index (χ0) is 23.7. The molecule has 0 bridgehead atoms. The number of rotatable bonds is 11. The zero-order valence-corrected chi connectivity index (χ0v) is 21.4. The van der Waals surface area contributed by atoms with Crippen molar-refractivity contribution in [3.05, 3.63) is 46.5 Å². The summed E-state index contributed by atoms with van der Waals surface area (Å²) in [6.45, 7) is 13.1. The van der Waals surface area contributed by atoms with Gasteiger partial charge in [0.25, 0.3) is 0 Å². The summed E-state index contributed by atoms with van der Waals surface area (Å²) in [5.41, 5.74) is 3.56. The van der Waals surface area contributed by atoms with Crippen LogP contribution in [0, 0.1) is 25.7 Å². The van der Waals surface area contributed by atoms with Crippen molar-refractivity contribution in [3.63, 3.8) is 0 Å². The molecule has 2 aliphatic rings. The minimum Gasteiger partial charge on any atom is -0.310 e. The van der Waals surface area contributed by atoms with Gasteiger partial charge in [-0.25, -0.2) is 0 Å². The monoisotopic (exact) mass is 450 g/mol. The van der Waals surface area contributed by atoms with Crippen molar-refractivity contribution in [1.29, 1.82) is 0 Å². The molecule has 0 saturated heterocycles. The van der Waals surface area contributed by atoms with Gasteiger partial charge >= 0.3 is 0 Å². The van der Waals surface area contributed by atoms with Gasteiger partial charge in [-0.3, -0.25) is 4.79 Å². The molecular formula is C28H42N4O. The first-order valence-electron chi connectivity index (χ1n) is 13.0. The fourth-order valence-corrected chi connectivity index (χ4v) is 5.53. The Bertz CT molecular complexity index is 966. The van der Waals surface area contributed by atoms with E-state index in [9.17, 15) is 4.79 Å². The molecule has 0 spiro atoms. The van der Waals surface area contributed by atoms with E-state index < -0.39 is 0 Å². The summed E-state index contributed by atoms with van der Waals surface area (Å²) in [6, 6.07) is 7.06. The summed E-state index contributed by atoms with van der Waals surface area (Å²) in [6.07, 6.45) is 7.11. The van der Waals surface area contributed by atoms with E-state index in [1.807, 2.05) is 0 Å². The first-order chi connectivity index (χ1) is 15.7. The average molecular weight is 451 g/mol. The second kappa shape index (κ2) is 10.1. The Hall–Kier alpha value is -2.01. The van der Waals surface area contributed by atoms with Crippen LogP contribution in [0.25, 0.3) is 0 Å². The average Bonchev–Trinajstić information content (AvgIpc) is 3.44. The van der Waals surface area contributed by atoms with Crippen LogP contribution in [0.1, 0.15) is 113 Å². The molecule has 0 aliphatic heterocycles. The third-order valence-electron chi connectivity index (χ3n) is 7.23. The van der Waals surface area contributed by atoms with Crippen molar-refractivity contribution in [3.8, 4) is 0 Å². The Morgan fingerprint density at radius 1 is 1.12 bits per heavy atom. The Labute approximate surface area is 199 Å². The Morgan fingerprint density at radius 2 is 1.85 bits per heavy atom. The van der Waals surface area contributed by atoms with Crippen LogP contribution >= 0.6 is 0 Å². The number of nitrogens with zero attached hydrogens (tertiary/aromatic N) is 3. The van der Waals surface area contributed by atoms with E-state index in [1.54, 1.807) is 0 Å². The van der Waals surface area contributed by atoms with E-state index in [0.717, 1.165) is 23.2 Å². The van der Waals surface area contributed by atoms with Crippen LogP contribution in [-0.2, 0) is 11.2 Å². The molecular weight excluding hydrogens is 408 g/mol. The van der Waals surface area contributed by atoms with Gasteiger partial charge in [0.1, 0.15) is 11.6 Å². The highest BCUT2D eigenvalue weighted by molar-refractivity contribution is 5.81. The van der Waals surface area contributed by atoms with Crippen molar-refractivity contribution in [2.24, 2.45) is 11.8 Å². The number of benzene rings is 1. The molecule has 5 nitrogen and oxygen atoms in total. The van der Waals surface area contributed by atoms with Crippen LogP contribution in [-0.4, -0.2) is 26.6 Å². The zero-order valence-electron chi connectivity index (χ0n) is 21.4. The van der Waals surface area contributed by atoms with Crippen LogP contribution in [0.3, 0.4) is 0 Å². The Kier molecular flexibility index (Phi) is 7.37. The molecule has 2 fully saturated rings. The minimum atomic E-state index is -0.0864. The highest BCUT2D eigenvalue weighted by Crippen LogP contribution is 2.47. The van der Waals surface area contributed by atoms with Gasteiger partial charge in [-0.05, 0) is 68.9 Å². The molecule has 0 unspecified atom stereocenters. The Morgan fingerprint density at radius 3 is 2.45 bits per heavy atom. The predicted molar refractivity (Wildman–Crippen MR) is 133 cm³/mol. The molecule has 4 rings (SSSR count). The topological polar surface area (TPSA) is 59.8 Å². The standard InChI is InChI=1S/C28H42N4O/c1-17(2)11-21-13-23(14-21)27-30-31-28(32(27)24-9-10-24)26(29-18(3)4)16-25(33)15-22-8-7-19(5)12-20(22)6/h7-8,12,17-18,21,23-24,26,29H,9-11,13-16H2,1-6H3/t21?,23?,26-/m0/s1. The minimum absolute atomic E-state index is 0.0864. The second-order valence-electron chi connectivity index (χ2n) is 11.4. The smallest absolute Gasteiger partial charge is 0.150 e. The lowest BCUT2D eigenvalue weighted by molar-refractivity contribution is -0.119. The van der Waals surface area contributed by atoms with Crippen molar-refractivity contribution < 1.29 is 4.79 Å². The Balaban J connectivity index is 1.51. The van der Waals surface area contributed by atoms with Gasteiger partial charge < -0.3 is 9.88 Å². The molecule has 1 N–H and O–H groups in total. The summed E-state index contributed by atoms with van der Waals surface area (Å²) in [5.74, 6) is 4.52. The SMILES string of the molecule is Cc1ccc(CC(=O)C[C@H](NC(C)C)c2nnc(C3CC(CC(C)C)C3)n2C2CC2)c(C)c1. The molecule has 33 heavy (non-hydrogen) atoms. The van der Waals surface area contributed by atoms with E-state index >= 15 is 0 Å².